The summed E-state index contributed by atoms with van der Waals surface area (Å²) < 4.78 is 11.6. The van der Waals surface area contributed by atoms with Gasteiger partial charge in [-0.2, -0.15) is 4.98 Å². The number of aromatic nitrogens is 2. The molecule has 1 aliphatic carbocycles. The molecule has 0 saturated carbocycles. The number of esters is 1. The highest BCUT2D eigenvalue weighted by Crippen LogP contribution is 2.45. The van der Waals surface area contributed by atoms with E-state index in [-0.39, 0.29) is 5.97 Å². The number of halogens is 1. The quantitative estimate of drug-likeness (QED) is 0.211. The molecule has 0 bridgehead atoms. The minimum absolute atomic E-state index is 0.297. The number of H-pyrrole nitrogens is 1. The fraction of sp³-hybridized carbons (Fsp3) is 0.421. The largest absolute Gasteiger partial charge is 0.468 e. The molecule has 47 heavy (non-hydrogen) atoms. The Labute approximate surface area is 282 Å². The van der Waals surface area contributed by atoms with Gasteiger partial charge in [0, 0.05) is 55.0 Å². The van der Waals surface area contributed by atoms with Crippen LogP contribution >= 0.6 is 11.6 Å². The summed E-state index contributed by atoms with van der Waals surface area (Å²) in [6, 6.07) is 18.5. The Morgan fingerprint density at radius 3 is 2.51 bits per heavy atom. The summed E-state index contributed by atoms with van der Waals surface area (Å²) in [6.07, 6.45) is 5.31. The van der Waals surface area contributed by atoms with Crippen LogP contribution in [0.1, 0.15) is 62.9 Å². The number of ether oxygens (including phenoxy) is 2. The number of aromatic amines is 1. The predicted octanol–water partition coefficient (Wildman–Crippen LogP) is 8.10. The van der Waals surface area contributed by atoms with Gasteiger partial charge in [0.2, 0.25) is 5.88 Å². The number of nitrogens with one attached hydrogen (secondary N) is 1. The maximum Gasteiger partial charge on any atom is 0.339 e. The lowest BCUT2D eigenvalue weighted by Crippen LogP contribution is -2.47. The highest BCUT2D eigenvalue weighted by molar-refractivity contribution is 6.30. The van der Waals surface area contributed by atoms with Crippen LogP contribution in [0.4, 0.5) is 17.1 Å². The molecule has 7 rings (SSSR count). The van der Waals surface area contributed by atoms with Gasteiger partial charge in [-0.05, 0) is 92.1 Å². The Hall–Kier alpha value is -4.01. The SMILES string of the molecule is COC(=O)c1ccc(N2CCN(CC3=C(c4ccc(Cl)cc4)CC(C)(C)CC3)CC2)cc1N1CC(C)(C)Oc2nc3[nH]ccc3cc21. The van der Waals surface area contributed by atoms with Crippen LogP contribution < -0.4 is 14.5 Å². The lowest BCUT2D eigenvalue weighted by Gasteiger charge is -2.41. The molecule has 1 fully saturated rings. The van der Waals surface area contributed by atoms with E-state index in [2.05, 4.69) is 63.9 Å². The van der Waals surface area contributed by atoms with E-state index in [4.69, 9.17) is 26.1 Å². The zero-order valence-corrected chi connectivity index (χ0v) is 28.8. The van der Waals surface area contributed by atoms with Crippen LogP contribution in [-0.4, -0.2) is 72.8 Å². The minimum atomic E-state index is -0.525. The van der Waals surface area contributed by atoms with E-state index in [1.54, 1.807) is 5.57 Å². The lowest BCUT2D eigenvalue weighted by molar-refractivity contribution is 0.0600. The number of rotatable bonds is 6. The minimum Gasteiger partial charge on any atom is -0.468 e. The zero-order chi connectivity index (χ0) is 32.9. The third-order valence-corrected chi connectivity index (χ3v) is 10.1. The third-order valence-electron chi connectivity index (χ3n) is 9.89. The van der Waals surface area contributed by atoms with Gasteiger partial charge in [0.1, 0.15) is 16.9 Å². The van der Waals surface area contributed by atoms with Crippen LogP contribution in [-0.2, 0) is 4.74 Å². The van der Waals surface area contributed by atoms with Crippen molar-refractivity contribution in [2.45, 2.75) is 52.6 Å². The molecule has 2 aromatic heterocycles. The first-order chi connectivity index (χ1) is 22.5. The molecular formula is C38H44ClN5O3. The first-order valence-corrected chi connectivity index (χ1v) is 17.0. The summed E-state index contributed by atoms with van der Waals surface area (Å²) in [5.41, 5.74) is 8.14. The van der Waals surface area contributed by atoms with Gasteiger partial charge in [0.15, 0.2) is 0 Å². The molecule has 0 unspecified atom stereocenters. The number of carbonyl (C=O) groups is 1. The van der Waals surface area contributed by atoms with Crippen molar-refractivity contribution in [2.24, 2.45) is 5.41 Å². The van der Waals surface area contributed by atoms with Crippen molar-refractivity contribution in [1.82, 2.24) is 14.9 Å². The Morgan fingerprint density at radius 1 is 1.00 bits per heavy atom. The summed E-state index contributed by atoms with van der Waals surface area (Å²) in [4.78, 5) is 28.3. The molecule has 0 atom stereocenters. The van der Waals surface area contributed by atoms with Crippen molar-refractivity contribution in [3.63, 3.8) is 0 Å². The van der Waals surface area contributed by atoms with Gasteiger partial charge in [-0.3, -0.25) is 4.90 Å². The van der Waals surface area contributed by atoms with Crippen molar-refractivity contribution in [1.29, 1.82) is 0 Å². The molecule has 3 aliphatic rings. The molecule has 2 aliphatic heterocycles. The van der Waals surface area contributed by atoms with Crippen LogP contribution in [0.3, 0.4) is 0 Å². The second kappa shape index (κ2) is 12.2. The second-order valence-corrected chi connectivity index (χ2v) is 15.0. The fourth-order valence-electron chi connectivity index (χ4n) is 7.32. The third kappa shape index (κ3) is 6.46. The van der Waals surface area contributed by atoms with Gasteiger partial charge < -0.3 is 24.3 Å². The summed E-state index contributed by atoms with van der Waals surface area (Å²) in [7, 11) is 1.43. The summed E-state index contributed by atoms with van der Waals surface area (Å²) in [5, 5.41) is 1.76. The van der Waals surface area contributed by atoms with Gasteiger partial charge in [-0.15, -0.1) is 0 Å². The van der Waals surface area contributed by atoms with E-state index in [1.165, 1.54) is 24.7 Å². The molecular weight excluding hydrogens is 610 g/mol. The first-order valence-electron chi connectivity index (χ1n) is 16.6. The number of piperazine rings is 1. The summed E-state index contributed by atoms with van der Waals surface area (Å²) in [6.45, 7) is 14.2. The maximum absolute atomic E-state index is 13.1. The molecule has 0 radical (unpaired) electrons. The average Bonchev–Trinajstić information content (AvgIpc) is 3.51. The van der Waals surface area contributed by atoms with Crippen molar-refractivity contribution < 1.29 is 14.3 Å². The second-order valence-electron chi connectivity index (χ2n) is 14.6. The van der Waals surface area contributed by atoms with Gasteiger partial charge >= 0.3 is 5.97 Å². The molecule has 8 nitrogen and oxygen atoms in total. The van der Waals surface area contributed by atoms with Crippen LogP contribution in [0.25, 0.3) is 16.6 Å². The topological polar surface area (TPSA) is 73.9 Å². The van der Waals surface area contributed by atoms with Crippen molar-refractivity contribution in [3.8, 4) is 5.88 Å². The number of methoxy groups -OCH3 is 1. The predicted molar refractivity (Wildman–Crippen MR) is 190 cm³/mol. The average molecular weight is 654 g/mol. The highest BCUT2D eigenvalue weighted by Gasteiger charge is 2.36. The fourth-order valence-corrected chi connectivity index (χ4v) is 7.44. The van der Waals surface area contributed by atoms with Gasteiger partial charge in [-0.25, -0.2) is 4.79 Å². The number of allylic oxidation sites excluding steroid dienone is 1. The first kappa shape index (κ1) is 31.6. The van der Waals surface area contributed by atoms with E-state index in [0.29, 0.717) is 23.4 Å². The van der Waals surface area contributed by atoms with E-state index in [9.17, 15) is 4.79 Å². The Bertz CT molecular complexity index is 1840. The molecule has 1 N–H and O–H groups in total. The monoisotopic (exact) mass is 653 g/mol. The van der Waals surface area contributed by atoms with Crippen molar-refractivity contribution in [2.75, 3.05) is 56.2 Å². The van der Waals surface area contributed by atoms with E-state index in [1.807, 2.05) is 44.3 Å². The molecule has 0 amide bonds. The number of anilines is 3. The Kier molecular flexibility index (Phi) is 8.21. The standard InChI is InChI=1S/C38H44ClN5O3/c1-37(2)14-12-27(31(22-37)25-6-8-28(39)9-7-25)23-42-16-18-43(19-17-42)29-10-11-30(36(45)46-5)32(21-29)44-24-38(3,4)47-35-33(44)20-26-13-15-40-34(26)41-35/h6-11,13,15,20-21H,12,14,16-19,22-24H2,1-5H3,(H,40,41). The van der Waals surface area contributed by atoms with Crippen molar-refractivity contribution in [3.05, 3.63) is 82.5 Å². The number of carbonyl (C=O) groups excluding carboxylic acids is 1. The normalized spacial score (nSPS) is 19.4. The van der Waals surface area contributed by atoms with E-state index < -0.39 is 5.60 Å². The van der Waals surface area contributed by atoms with Gasteiger partial charge in [0.05, 0.1) is 24.9 Å². The smallest absolute Gasteiger partial charge is 0.339 e. The van der Waals surface area contributed by atoms with E-state index >= 15 is 0 Å². The molecule has 2 aromatic carbocycles. The van der Waals surface area contributed by atoms with Crippen LogP contribution in [0.5, 0.6) is 5.88 Å². The van der Waals surface area contributed by atoms with Gasteiger partial charge in [0.25, 0.3) is 0 Å². The van der Waals surface area contributed by atoms with E-state index in [0.717, 1.165) is 78.7 Å². The molecule has 0 spiro atoms. The number of hydrogen-bond donors (Lipinski definition) is 1. The van der Waals surface area contributed by atoms with Crippen LogP contribution in [0.15, 0.2) is 66.4 Å². The molecule has 246 valence electrons. The number of nitrogens with zero attached hydrogens (tertiary/aromatic N) is 4. The number of benzene rings is 2. The lowest BCUT2D eigenvalue weighted by atomic mass is 9.72. The maximum atomic E-state index is 13.1. The van der Waals surface area contributed by atoms with Crippen molar-refractivity contribution >= 4 is 51.2 Å². The van der Waals surface area contributed by atoms with Gasteiger partial charge in [-0.1, -0.05) is 43.2 Å². The number of hydrogen-bond acceptors (Lipinski definition) is 7. The summed E-state index contributed by atoms with van der Waals surface area (Å²) in [5.74, 6) is 0.183. The summed E-state index contributed by atoms with van der Waals surface area (Å²) >= 11 is 6.24. The molecule has 4 heterocycles. The zero-order valence-electron chi connectivity index (χ0n) is 28.0. The molecule has 9 heteroatoms. The Morgan fingerprint density at radius 2 is 1.77 bits per heavy atom. The Balaban J connectivity index is 1.15. The van der Waals surface area contributed by atoms with Crippen LogP contribution in [0.2, 0.25) is 5.02 Å². The highest BCUT2D eigenvalue weighted by atomic mass is 35.5. The number of fused-ring (bicyclic) bond motifs is 2. The van der Waals surface area contributed by atoms with Crippen LogP contribution in [0, 0.1) is 5.41 Å². The number of pyridine rings is 1. The molecule has 4 aromatic rings. The molecule has 1 saturated heterocycles.